The average molecular weight is 390 g/mol. The Bertz CT molecular complexity index is 721. The van der Waals surface area contributed by atoms with Crippen molar-refractivity contribution in [3.8, 4) is 0 Å². The number of halogens is 1. The van der Waals surface area contributed by atoms with Crippen molar-refractivity contribution in [2.24, 2.45) is 0 Å². The summed E-state index contributed by atoms with van der Waals surface area (Å²) < 4.78 is 5.79. The Labute approximate surface area is 150 Å². The maximum absolute atomic E-state index is 12.5. The number of aryl methyl sites for hydroxylation is 2. The van der Waals surface area contributed by atoms with E-state index in [0.717, 1.165) is 21.2 Å². The Morgan fingerprint density at radius 2 is 1.67 bits per heavy atom. The summed E-state index contributed by atoms with van der Waals surface area (Å²) in [5, 5.41) is 2.78. The Kier molecular flexibility index (Phi) is 6.15. The molecular formula is C19H20BrNO3. The Morgan fingerprint density at radius 3 is 2.21 bits per heavy atom. The highest BCUT2D eigenvalue weighted by Crippen LogP contribution is 2.13. The monoisotopic (exact) mass is 389 g/mol. The molecule has 0 aliphatic heterocycles. The standard InChI is InChI=1S/C19H20BrNO3/c1-12-8-13(2)10-15(9-12)18(22)21-17(19(23)24-3)11-14-4-6-16(20)7-5-14/h4-10,17H,11H2,1-3H3,(H,21,22)/t17-/m1/s1. The fraction of sp³-hybridized carbons (Fsp3) is 0.263. The first-order valence-corrected chi connectivity index (χ1v) is 8.40. The topological polar surface area (TPSA) is 55.4 Å². The molecule has 0 fully saturated rings. The maximum atomic E-state index is 12.5. The first-order chi connectivity index (χ1) is 11.4. The number of carbonyl (C=O) groups excluding carboxylic acids is 2. The summed E-state index contributed by atoms with van der Waals surface area (Å²) in [7, 11) is 1.32. The van der Waals surface area contributed by atoms with Gasteiger partial charge in [0.2, 0.25) is 0 Å². The van der Waals surface area contributed by atoms with Crippen LogP contribution in [0.15, 0.2) is 46.9 Å². The van der Waals surface area contributed by atoms with Gasteiger partial charge in [0.1, 0.15) is 6.04 Å². The van der Waals surface area contributed by atoms with E-state index in [-0.39, 0.29) is 5.91 Å². The van der Waals surface area contributed by atoms with Crippen molar-refractivity contribution < 1.29 is 14.3 Å². The van der Waals surface area contributed by atoms with E-state index in [9.17, 15) is 9.59 Å². The third kappa shape index (κ3) is 4.93. The van der Waals surface area contributed by atoms with Gasteiger partial charge in [0.05, 0.1) is 7.11 Å². The van der Waals surface area contributed by atoms with Gasteiger partial charge in [-0.2, -0.15) is 0 Å². The fourth-order valence-electron chi connectivity index (χ4n) is 2.54. The molecule has 4 nitrogen and oxygen atoms in total. The molecule has 24 heavy (non-hydrogen) atoms. The number of benzene rings is 2. The van der Waals surface area contributed by atoms with E-state index in [0.29, 0.717) is 12.0 Å². The van der Waals surface area contributed by atoms with Crippen molar-refractivity contribution in [1.29, 1.82) is 0 Å². The minimum Gasteiger partial charge on any atom is -0.467 e. The van der Waals surface area contributed by atoms with Gasteiger partial charge in [0.25, 0.3) is 5.91 Å². The summed E-state index contributed by atoms with van der Waals surface area (Å²) in [5.41, 5.74) is 3.48. The van der Waals surface area contributed by atoms with Crippen LogP contribution in [0.25, 0.3) is 0 Å². The molecule has 0 heterocycles. The van der Waals surface area contributed by atoms with Crippen LogP contribution >= 0.6 is 15.9 Å². The predicted molar refractivity (Wildman–Crippen MR) is 97.0 cm³/mol. The van der Waals surface area contributed by atoms with E-state index >= 15 is 0 Å². The highest BCUT2D eigenvalue weighted by molar-refractivity contribution is 9.10. The van der Waals surface area contributed by atoms with Crippen LogP contribution in [0.4, 0.5) is 0 Å². The van der Waals surface area contributed by atoms with Crippen molar-refractivity contribution >= 4 is 27.8 Å². The van der Waals surface area contributed by atoms with Crippen LogP contribution in [-0.4, -0.2) is 25.0 Å². The SMILES string of the molecule is COC(=O)[C@@H](Cc1ccc(Br)cc1)NC(=O)c1cc(C)cc(C)c1. The zero-order valence-electron chi connectivity index (χ0n) is 13.9. The number of hydrogen-bond acceptors (Lipinski definition) is 3. The third-order valence-corrected chi connectivity index (χ3v) is 4.16. The highest BCUT2D eigenvalue weighted by atomic mass is 79.9. The zero-order valence-corrected chi connectivity index (χ0v) is 15.5. The molecule has 0 saturated carbocycles. The van der Waals surface area contributed by atoms with Gasteiger partial charge in [-0.1, -0.05) is 45.3 Å². The number of methoxy groups -OCH3 is 1. The molecule has 126 valence electrons. The molecule has 0 spiro atoms. The van der Waals surface area contributed by atoms with Crippen LogP contribution < -0.4 is 5.32 Å². The molecule has 1 amide bonds. The summed E-state index contributed by atoms with van der Waals surface area (Å²) in [6.45, 7) is 3.87. The van der Waals surface area contributed by atoms with Crippen LogP contribution in [0.1, 0.15) is 27.0 Å². The van der Waals surface area contributed by atoms with Crippen molar-refractivity contribution in [2.45, 2.75) is 26.3 Å². The lowest BCUT2D eigenvalue weighted by molar-refractivity contribution is -0.142. The molecular weight excluding hydrogens is 370 g/mol. The largest absolute Gasteiger partial charge is 0.467 e. The Morgan fingerprint density at radius 1 is 1.08 bits per heavy atom. The quantitative estimate of drug-likeness (QED) is 0.795. The second-order valence-corrected chi connectivity index (χ2v) is 6.67. The van der Waals surface area contributed by atoms with Crippen LogP contribution in [0.5, 0.6) is 0 Å². The predicted octanol–water partition coefficient (Wildman–Crippen LogP) is 3.58. The highest BCUT2D eigenvalue weighted by Gasteiger charge is 2.22. The fourth-order valence-corrected chi connectivity index (χ4v) is 2.80. The molecule has 0 aliphatic rings. The second kappa shape index (κ2) is 8.11. The van der Waals surface area contributed by atoms with Crippen LogP contribution in [0.3, 0.4) is 0 Å². The summed E-state index contributed by atoms with van der Waals surface area (Å²) in [6.07, 6.45) is 0.372. The lowest BCUT2D eigenvalue weighted by Crippen LogP contribution is -2.43. The van der Waals surface area contributed by atoms with E-state index in [1.807, 2.05) is 44.2 Å². The van der Waals surface area contributed by atoms with Crippen LogP contribution in [-0.2, 0) is 16.0 Å². The van der Waals surface area contributed by atoms with Crippen molar-refractivity contribution in [3.63, 3.8) is 0 Å². The number of carbonyl (C=O) groups is 2. The van der Waals surface area contributed by atoms with E-state index < -0.39 is 12.0 Å². The van der Waals surface area contributed by atoms with Gasteiger partial charge in [-0.3, -0.25) is 4.79 Å². The lowest BCUT2D eigenvalue weighted by atomic mass is 10.0. The zero-order chi connectivity index (χ0) is 17.7. The minimum atomic E-state index is -0.732. The number of hydrogen-bond donors (Lipinski definition) is 1. The molecule has 5 heteroatoms. The van der Waals surface area contributed by atoms with E-state index in [4.69, 9.17) is 4.74 Å². The van der Waals surface area contributed by atoms with Gasteiger partial charge < -0.3 is 10.1 Å². The van der Waals surface area contributed by atoms with Gasteiger partial charge in [0.15, 0.2) is 0 Å². The summed E-state index contributed by atoms with van der Waals surface area (Å²) in [6, 6.07) is 12.5. The van der Waals surface area contributed by atoms with Gasteiger partial charge >= 0.3 is 5.97 Å². The average Bonchev–Trinajstić information content (AvgIpc) is 2.54. The molecule has 2 aromatic rings. The van der Waals surface area contributed by atoms with Crippen LogP contribution in [0, 0.1) is 13.8 Å². The van der Waals surface area contributed by atoms with E-state index in [1.54, 1.807) is 12.1 Å². The van der Waals surface area contributed by atoms with Crippen molar-refractivity contribution in [2.75, 3.05) is 7.11 Å². The summed E-state index contributed by atoms with van der Waals surface area (Å²) in [4.78, 5) is 24.5. The van der Waals surface area contributed by atoms with E-state index in [2.05, 4.69) is 21.2 Å². The lowest BCUT2D eigenvalue weighted by Gasteiger charge is -2.17. The molecule has 0 unspecified atom stereocenters. The van der Waals surface area contributed by atoms with Crippen molar-refractivity contribution in [1.82, 2.24) is 5.32 Å². The minimum absolute atomic E-state index is 0.283. The number of amides is 1. The molecule has 0 saturated heterocycles. The molecule has 0 bridgehead atoms. The van der Waals surface area contributed by atoms with Gasteiger partial charge in [-0.25, -0.2) is 4.79 Å². The van der Waals surface area contributed by atoms with Gasteiger partial charge in [0, 0.05) is 16.5 Å². The number of rotatable bonds is 5. The Hall–Kier alpha value is -2.14. The maximum Gasteiger partial charge on any atom is 0.328 e. The number of ether oxygens (including phenoxy) is 1. The van der Waals surface area contributed by atoms with Gasteiger partial charge in [-0.15, -0.1) is 0 Å². The third-order valence-electron chi connectivity index (χ3n) is 3.63. The van der Waals surface area contributed by atoms with E-state index in [1.165, 1.54) is 7.11 Å². The van der Waals surface area contributed by atoms with Crippen molar-refractivity contribution in [3.05, 3.63) is 69.2 Å². The Balaban J connectivity index is 2.17. The molecule has 1 N–H and O–H groups in total. The first-order valence-electron chi connectivity index (χ1n) is 7.60. The summed E-state index contributed by atoms with van der Waals surface area (Å²) >= 11 is 3.38. The van der Waals surface area contributed by atoms with Gasteiger partial charge in [-0.05, 0) is 43.7 Å². The molecule has 0 aromatic heterocycles. The molecule has 0 aliphatic carbocycles. The summed E-state index contributed by atoms with van der Waals surface area (Å²) in [5.74, 6) is -0.745. The number of esters is 1. The molecule has 2 rings (SSSR count). The molecule has 1 atom stereocenters. The molecule has 0 radical (unpaired) electrons. The normalized spacial score (nSPS) is 11.7. The number of nitrogens with one attached hydrogen (secondary N) is 1. The smallest absolute Gasteiger partial charge is 0.328 e. The first kappa shape index (κ1) is 18.2. The van der Waals surface area contributed by atoms with Crippen LogP contribution in [0.2, 0.25) is 0 Å². The second-order valence-electron chi connectivity index (χ2n) is 5.76. The molecule has 2 aromatic carbocycles.